The van der Waals surface area contributed by atoms with E-state index < -0.39 is 17.3 Å². The molecule has 0 amide bonds. The highest BCUT2D eigenvalue weighted by Gasteiger charge is 2.31. The van der Waals surface area contributed by atoms with E-state index in [1.54, 1.807) is 0 Å². The molecule has 0 aliphatic carbocycles. The van der Waals surface area contributed by atoms with Crippen molar-refractivity contribution < 1.29 is 13.2 Å². The van der Waals surface area contributed by atoms with Gasteiger partial charge < -0.3 is 5.73 Å². The van der Waals surface area contributed by atoms with Crippen molar-refractivity contribution in [2.75, 3.05) is 6.54 Å². The van der Waals surface area contributed by atoms with E-state index in [1.807, 2.05) is 0 Å². The minimum absolute atomic E-state index is 0.108. The van der Waals surface area contributed by atoms with Crippen molar-refractivity contribution in [3.8, 4) is 0 Å². The Kier molecular flexibility index (Phi) is 2.90. The van der Waals surface area contributed by atoms with Crippen LogP contribution in [0.2, 0.25) is 0 Å². The zero-order chi connectivity index (χ0) is 10.8. The fraction of sp³-hybridized carbons (Fsp3) is 0.429. The predicted octanol–water partition coefficient (Wildman–Crippen LogP) is 0.221. The Labute approximate surface area is 77.1 Å². The molecule has 1 aromatic heterocycles. The number of aromatic nitrogens is 2. The number of nitrogens with two attached hydrogens (primary N) is 1. The van der Waals surface area contributed by atoms with E-state index in [0.717, 1.165) is 4.68 Å². The first kappa shape index (κ1) is 10.7. The summed E-state index contributed by atoms with van der Waals surface area (Å²) < 4.78 is 37.1. The molecule has 0 atom stereocenters. The van der Waals surface area contributed by atoms with Gasteiger partial charge in [-0.25, -0.2) is 4.68 Å². The number of rotatable bonds is 2. The van der Waals surface area contributed by atoms with Gasteiger partial charge in [-0.1, -0.05) is 0 Å². The summed E-state index contributed by atoms with van der Waals surface area (Å²) in [7, 11) is 0. The number of hydrogen-bond acceptors (Lipinski definition) is 3. The zero-order valence-electron chi connectivity index (χ0n) is 7.08. The monoisotopic (exact) mass is 207 g/mol. The summed E-state index contributed by atoms with van der Waals surface area (Å²) in [6.45, 7) is 0.259. The Hall–Kier alpha value is -1.37. The van der Waals surface area contributed by atoms with Crippen molar-refractivity contribution in [3.63, 3.8) is 0 Å². The second kappa shape index (κ2) is 3.79. The first-order valence-electron chi connectivity index (χ1n) is 3.79. The van der Waals surface area contributed by atoms with Gasteiger partial charge in [0.25, 0.3) is 5.56 Å². The van der Waals surface area contributed by atoms with Crippen LogP contribution < -0.4 is 11.3 Å². The first-order valence-corrected chi connectivity index (χ1v) is 3.79. The molecule has 2 N–H and O–H groups in total. The van der Waals surface area contributed by atoms with Crippen LogP contribution in [0.25, 0.3) is 0 Å². The van der Waals surface area contributed by atoms with Crippen LogP contribution in [-0.2, 0) is 12.7 Å². The summed E-state index contributed by atoms with van der Waals surface area (Å²) in [5, 5.41) is 3.34. The number of halogens is 3. The summed E-state index contributed by atoms with van der Waals surface area (Å²) in [4.78, 5) is 11.0. The average Bonchev–Trinajstić information content (AvgIpc) is 2.07. The fourth-order valence-corrected chi connectivity index (χ4v) is 0.879. The van der Waals surface area contributed by atoms with E-state index in [4.69, 9.17) is 5.73 Å². The van der Waals surface area contributed by atoms with Gasteiger partial charge in [-0.3, -0.25) is 4.79 Å². The number of hydrogen-bond donors (Lipinski definition) is 1. The van der Waals surface area contributed by atoms with Gasteiger partial charge in [0, 0.05) is 12.6 Å². The van der Waals surface area contributed by atoms with Gasteiger partial charge in [0.2, 0.25) is 0 Å². The molecule has 0 saturated carbocycles. The molecule has 1 rings (SSSR count). The van der Waals surface area contributed by atoms with Gasteiger partial charge in [0.15, 0.2) is 0 Å². The van der Waals surface area contributed by atoms with E-state index in [2.05, 4.69) is 5.10 Å². The molecule has 7 heteroatoms. The van der Waals surface area contributed by atoms with E-state index in [-0.39, 0.29) is 13.1 Å². The van der Waals surface area contributed by atoms with Gasteiger partial charge in [-0.2, -0.15) is 18.3 Å². The predicted molar refractivity (Wildman–Crippen MR) is 42.6 cm³/mol. The van der Waals surface area contributed by atoms with Crippen LogP contribution in [0.4, 0.5) is 13.2 Å². The lowest BCUT2D eigenvalue weighted by molar-refractivity contribution is -0.138. The topological polar surface area (TPSA) is 60.9 Å². The third-order valence-corrected chi connectivity index (χ3v) is 1.54. The Bertz CT molecular complexity index is 371. The lowest BCUT2D eigenvalue weighted by atomic mass is 10.3. The first-order chi connectivity index (χ1) is 6.45. The van der Waals surface area contributed by atoms with E-state index in [9.17, 15) is 18.0 Å². The highest BCUT2D eigenvalue weighted by Crippen LogP contribution is 2.27. The molecule has 0 aromatic carbocycles. The highest BCUT2D eigenvalue weighted by atomic mass is 19.4. The van der Waals surface area contributed by atoms with Crippen LogP contribution in [0.3, 0.4) is 0 Å². The molecule has 0 aliphatic rings. The zero-order valence-corrected chi connectivity index (χ0v) is 7.08. The third kappa shape index (κ3) is 2.32. The molecule has 1 heterocycles. The van der Waals surface area contributed by atoms with E-state index >= 15 is 0 Å². The Morgan fingerprint density at radius 3 is 2.57 bits per heavy atom. The van der Waals surface area contributed by atoms with Gasteiger partial charge in [0.1, 0.15) is 0 Å². The molecule has 0 fully saturated rings. The quantitative estimate of drug-likeness (QED) is 0.754. The maximum absolute atomic E-state index is 12.1. The molecule has 0 saturated heterocycles. The maximum atomic E-state index is 12.1. The molecule has 0 spiro atoms. The van der Waals surface area contributed by atoms with Crippen LogP contribution in [0.1, 0.15) is 5.56 Å². The normalized spacial score (nSPS) is 11.7. The second-order valence-electron chi connectivity index (χ2n) is 2.59. The highest BCUT2D eigenvalue weighted by molar-refractivity contribution is 5.10. The third-order valence-electron chi connectivity index (χ3n) is 1.54. The largest absolute Gasteiger partial charge is 0.418 e. The summed E-state index contributed by atoms with van der Waals surface area (Å²) in [6, 6.07) is 0.503. The molecular formula is C7H8F3N3O. The van der Waals surface area contributed by atoms with Gasteiger partial charge in [-0.05, 0) is 0 Å². The summed E-state index contributed by atoms with van der Waals surface area (Å²) in [5.41, 5.74) is 3.29. The van der Waals surface area contributed by atoms with E-state index in [1.165, 1.54) is 0 Å². The summed E-state index contributed by atoms with van der Waals surface area (Å²) in [5.74, 6) is 0. The fourth-order valence-electron chi connectivity index (χ4n) is 0.879. The average molecular weight is 207 g/mol. The second-order valence-corrected chi connectivity index (χ2v) is 2.59. The smallest absolute Gasteiger partial charge is 0.329 e. The lowest BCUT2D eigenvalue weighted by Crippen LogP contribution is -2.27. The Morgan fingerprint density at radius 1 is 1.50 bits per heavy atom. The molecule has 14 heavy (non-hydrogen) atoms. The Morgan fingerprint density at radius 2 is 2.14 bits per heavy atom. The van der Waals surface area contributed by atoms with Gasteiger partial charge in [0.05, 0.1) is 18.3 Å². The van der Waals surface area contributed by atoms with Crippen molar-refractivity contribution in [2.45, 2.75) is 12.7 Å². The molecule has 4 nitrogen and oxygen atoms in total. The molecular weight excluding hydrogens is 199 g/mol. The Balaban J connectivity index is 3.07. The maximum Gasteiger partial charge on any atom is 0.418 e. The van der Waals surface area contributed by atoms with E-state index in [0.29, 0.717) is 12.3 Å². The van der Waals surface area contributed by atoms with Crippen molar-refractivity contribution in [1.82, 2.24) is 9.78 Å². The SMILES string of the molecule is NCCn1ncc(C(F)(F)F)cc1=O. The van der Waals surface area contributed by atoms with Crippen molar-refractivity contribution in [1.29, 1.82) is 0 Å². The van der Waals surface area contributed by atoms with Gasteiger partial charge >= 0.3 is 6.18 Å². The van der Waals surface area contributed by atoms with Crippen molar-refractivity contribution in [3.05, 3.63) is 28.2 Å². The van der Waals surface area contributed by atoms with Crippen LogP contribution in [-0.4, -0.2) is 16.3 Å². The lowest BCUT2D eigenvalue weighted by Gasteiger charge is -2.06. The molecule has 1 aromatic rings. The number of alkyl halides is 3. The van der Waals surface area contributed by atoms with Gasteiger partial charge in [-0.15, -0.1) is 0 Å². The number of nitrogens with zero attached hydrogens (tertiary/aromatic N) is 2. The molecule has 0 aliphatic heterocycles. The standard InChI is InChI=1S/C7H8F3N3O/c8-7(9,10)5-3-6(14)13(2-1-11)12-4-5/h3-4H,1-2,11H2. The summed E-state index contributed by atoms with van der Waals surface area (Å²) >= 11 is 0. The van der Waals surface area contributed by atoms with Crippen LogP contribution in [0.15, 0.2) is 17.1 Å². The molecule has 78 valence electrons. The van der Waals surface area contributed by atoms with Crippen molar-refractivity contribution >= 4 is 0 Å². The van der Waals surface area contributed by atoms with Crippen LogP contribution in [0.5, 0.6) is 0 Å². The minimum atomic E-state index is -4.53. The van der Waals surface area contributed by atoms with Crippen LogP contribution in [0, 0.1) is 0 Å². The molecule has 0 unspecified atom stereocenters. The minimum Gasteiger partial charge on any atom is -0.329 e. The van der Waals surface area contributed by atoms with Crippen molar-refractivity contribution in [2.24, 2.45) is 5.73 Å². The molecule has 0 bridgehead atoms. The molecule has 0 radical (unpaired) electrons. The summed E-state index contributed by atoms with van der Waals surface area (Å²) in [6.07, 6.45) is -3.93. The van der Waals surface area contributed by atoms with Crippen LogP contribution >= 0.6 is 0 Å².